The number of methoxy groups -OCH3 is 2. The summed E-state index contributed by atoms with van der Waals surface area (Å²) in [5.74, 6) is 0.295. The summed E-state index contributed by atoms with van der Waals surface area (Å²) in [4.78, 5) is 16.8. The minimum atomic E-state index is -0.306. The molecule has 0 bridgehead atoms. The zero-order chi connectivity index (χ0) is 23.2. The molecule has 0 aliphatic carbocycles. The summed E-state index contributed by atoms with van der Waals surface area (Å²) in [6.07, 6.45) is 5.33. The molecule has 0 saturated carbocycles. The third kappa shape index (κ3) is 4.85. The van der Waals surface area contributed by atoms with Gasteiger partial charge in [-0.05, 0) is 54.1 Å². The SMILES string of the molecule is COc1cccc(C(=O)NCCn2cc(-c3ccncc3)c(-c3ccc(F)cc3)n2)c1OC. The fraction of sp³-hybridized carbons (Fsp3) is 0.160. The molecule has 0 atom stereocenters. The molecule has 168 valence electrons. The number of para-hydroxylation sites is 1. The first-order valence-electron chi connectivity index (χ1n) is 10.3. The number of carbonyl (C=O) groups excluding carboxylic acids is 1. The van der Waals surface area contributed by atoms with Crippen molar-refractivity contribution in [3.05, 3.63) is 84.6 Å². The lowest BCUT2D eigenvalue weighted by molar-refractivity contribution is 0.0948. The molecule has 0 spiro atoms. The quantitative estimate of drug-likeness (QED) is 0.439. The lowest BCUT2D eigenvalue weighted by atomic mass is 10.0. The highest BCUT2D eigenvalue weighted by atomic mass is 19.1. The average Bonchev–Trinajstić information content (AvgIpc) is 3.28. The van der Waals surface area contributed by atoms with Crippen LogP contribution in [0.5, 0.6) is 11.5 Å². The zero-order valence-corrected chi connectivity index (χ0v) is 18.3. The normalized spacial score (nSPS) is 10.6. The van der Waals surface area contributed by atoms with Gasteiger partial charge in [-0.2, -0.15) is 5.10 Å². The van der Waals surface area contributed by atoms with E-state index in [1.807, 2.05) is 18.3 Å². The molecular weight excluding hydrogens is 423 g/mol. The van der Waals surface area contributed by atoms with E-state index in [1.54, 1.807) is 47.4 Å². The van der Waals surface area contributed by atoms with Gasteiger partial charge in [-0.15, -0.1) is 0 Å². The first kappa shape index (κ1) is 22.0. The second-order valence-corrected chi connectivity index (χ2v) is 7.19. The molecule has 2 aromatic carbocycles. The maximum Gasteiger partial charge on any atom is 0.255 e. The Balaban J connectivity index is 1.53. The molecule has 4 aromatic rings. The number of nitrogens with zero attached hydrogens (tertiary/aromatic N) is 3. The molecule has 2 heterocycles. The lowest BCUT2D eigenvalue weighted by Crippen LogP contribution is -2.27. The van der Waals surface area contributed by atoms with E-state index in [2.05, 4.69) is 10.3 Å². The van der Waals surface area contributed by atoms with Crippen molar-refractivity contribution < 1.29 is 18.7 Å². The molecule has 0 aliphatic heterocycles. The maximum absolute atomic E-state index is 13.4. The van der Waals surface area contributed by atoms with E-state index in [9.17, 15) is 9.18 Å². The number of rotatable bonds is 8. The Labute approximate surface area is 190 Å². The van der Waals surface area contributed by atoms with Gasteiger partial charge >= 0.3 is 0 Å². The number of hydrogen-bond donors (Lipinski definition) is 1. The number of nitrogens with one attached hydrogen (secondary N) is 1. The van der Waals surface area contributed by atoms with Crippen LogP contribution in [-0.2, 0) is 6.54 Å². The van der Waals surface area contributed by atoms with Gasteiger partial charge in [0.15, 0.2) is 11.5 Å². The summed E-state index contributed by atoms with van der Waals surface area (Å²) >= 11 is 0. The molecule has 1 amide bonds. The fourth-order valence-electron chi connectivity index (χ4n) is 3.54. The average molecular weight is 446 g/mol. The monoisotopic (exact) mass is 446 g/mol. The first-order chi connectivity index (χ1) is 16.1. The van der Waals surface area contributed by atoms with Crippen molar-refractivity contribution in [2.45, 2.75) is 6.54 Å². The molecule has 33 heavy (non-hydrogen) atoms. The van der Waals surface area contributed by atoms with Crippen molar-refractivity contribution in [2.75, 3.05) is 20.8 Å². The maximum atomic E-state index is 13.4. The van der Waals surface area contributed by atoms with Gasteiger partial charge < -0.3 is 14.8 Å². The van der Waals surface area contributed by atoms with Crippen molar-refractivity contribution in [1.82, 2.24) is 20.1 Å². The third-order valence-electron chi connectivity index (χ3n) is 5.14. The van der Waals surface area contributed by atoms with Gasteiger partial charge in [-0.25, -0.2) is 4.39 Å². The molecule has 0 radical (unpaired) electrons. The van der Waals surface area contributed by atoms with Gasteiger partial charge in [-0.1, -0.05) is 6.07 Å². The highest BCUT2D eigenvalue weighted by Crippen LogP contribution is 2.31. The molecule has 0 aliphatic rings. The second kappa shape index (κ2) is 9.95. The molecule has 2 aromatic heterocycles. The number of benzene rings is 2. The van der Waals surface area contributed by atoms with Crippen LogP contribution in [-0.4, -0.2) is 41.4 Å². The number of pyridine rings is 1. The molecule has 8 heteroatoms. The number of amides is 1. The number of ether oxygens (including phenoxy) is 2. The van der Waals surface area contributed by atoms with Crippen molar-refractivity contribution in [2.24, 2.45) is 0 Å². The molecular formula is C25H23FN4O3. The molecule has 0 unspecified atom stereocenters. The van der Waals surface area contributed by atoms with E-state index in [0.29, 0.717) is 30.2 Å². The summed E-state index contributed by atoms with van der Waals surface area (Å²) in [6.45, 7) is 0.789. The van der Waals surface area contributed by atoms with Crippen LogP contribution >= 0.6 is 0 Å². The lowest BCUT2D eigenvalue weighted by Gasteiger charge is -2.12. The fourth-order valence-corrected chi connectivity index (χ4v) is 3.54. The zero-order valence-electron chi connectivity index (χ0n) is 18.3. The minimum absolute atomic E-state index is 0.272. The van der Waals surface area contributed by atoms with Crippen LogP contribution in [0.1, 0.15) is 10.4 Å². The van der Waals surface area contributed by atoms with E-state index in [1.165, 1.54) is 26.4 Å². The standard InChI is InChI=1S/C25H23FN4O3/c1-32-22-5-3-4-20(24(22)33-2)25(31)28-14-15-30-16-21(17-10-12-27-13-11-17)23(29-30)18-6-8-19(26)9-7-18/h3-13,16H,14-15H2,1-2H3,(H,28,31). The van der Waals surface area contributed by atoms with Crippen LogP contribution in [0.25, 0.3) is 22.4 Å². The Bertz CT molecular complexity index is 1240. The first-order valence-corrected chi connectivity index (χ1v) is 10.3. The predicted octanol–water partition coefficient (Wildman–Crippen LogP) is 4.20. The van der Waals surface area contributed by atoms with Gasteiger partial charge in [0.05, 0.1) is 26.3 Å². The highest BCUT2D eigenvalue weighted by Gasteiger charge is 2.17. The van der Waals surface area contributed by atoms with Crippen molar-refractivity contribution in [3.63, 3.8) is 0 Å². The Morgan fingerprint density at radius 1 is 1.00 bits per heavy atom. The Morgan fingerprint density at radius 2 is 1.76 bits per heavy atom. The number of carbonyl (C=O) groups is 1. The summed E-state index contributed by atoms with van der Waals surface area (Å²) in [5.41, 5.74) is 3.75. The van der Waals surface area contributed by atoms with Gasteiger partial charge in [-0.3, -0.25) is 14.5 Å². The van der Waals surface area contributed by atoms with E-state index in [0.717, 1.165) is 22.4 Å². The van der Waals surface area contributed by atoms with Crippen LogP contribution in [0.4, 0.5) is 4.39 Å². The van der Waals surface area contributed by atoms with E-state index < -0.39 is 0 Å². The minimum Gasteiger partial charge on any atom is -0.493 e. The van der Waals surface area contributed by atoms with Crippen molar-refractivity contribution in [1.29, 1.82) is 0 Å². The summed E-state index contributed by atoms with van der Waals surface area (Å²) in [6, 6.07) is 15.2. The van der Waals surface area contributed by atoms with E-state index in [-0.39, 0.29) is 11.7 Å². The number of aromatic nitrogens is 3. The van der Waals surface area contributed by atoms with Crippen LogP contribution in [0.2, 0.25) is 0 Å². The van der Waals surface area contributed by atoms with Crippen LogP contribution in [0, 0.1) is 5.82 Å². The van der Waals surface area contributed by atoms with Crippen LogP contribution in [0.15, 0.2) is 73.2 Å². The largest absolute Gasteiger partial charge is 0.493 e. The van der Waals surface area contributed by atoms with Gasteiger partial charge in [0.1, 0.15) is 11.5 Å². The molecule has 7 nitrogen and oxygen atoms in total. The number of halogens is 1. The number of hydrogen-bond acceptors (Lipinski definition) is 5. The second-order valence-electron chi connectivity index (χ2n) is 7.19. The Morgan fingerprint density at radius 3 is 2.45 bits per heavy atom. The smallest absolute Gasteiger partial charge is 0.255 e. The van der Waals surface area contributed by atoms with Crippen LogP contribution in [0.3, 0.4) is 0 Å². The highest BCUT2D eigenvalue weighted by molar-refractivity contribution is 5.97. The summed E-state index contributed by atoms with van der Waals surface area (Å²) in [5, 5.41) is 7.59. The Kier molecular flexibility index (Phi) is 6.64. The predicted molar refractivity (Wildman–Crippen MR) is 123 cm³/mol. The summed E-state index contributed by atoms with van der Waals surface area (Å²) < 4.78 is 25.8. The van der Waals surface area contributed by atoms with Crippen molar-refractivity contribution >= 4 is 5.91 Å². The molecule has 1 N–H and O–H groups in total. The summed E-state index contributed by atoms with van der Waals surface area (Å²) in [7, 11) is 3.02. The van der Waals surface area contributed by atoms with E-state index in [4.69, 9.17) is 14.6 Å². The van der Waals surface area contributed by atoms with Crippen molar-refractivity contribution in [3.8, 4) is 33.9 Å². The van der Waals surface area contributed by atoms with Crippen LogP contribution < -0.4 is 14.8 Å². The Hall–Kier alpha value is -4.20. The molecule has 4 rings (SSSR count). The van der Waals surface area contributed by atoms with Gasteiger partial charge in [0, 0.05) is 36.3 Å². The topological polar surface area (TPSA) is 78.3 Å². The van der Waals surface area contributed by atoms with Gasteiger partial charge in [0.25, 0.3) is 5.91 Å². The molecule has 0 fully saturated rings. The molecule has 0 saturated heterocycles. The van der Waals surface area contributed by atoms with E-state index >= 15 is 0 Å². The van der Waals surface area contributed by atoms with Gasteiger partial charge in [0.2, 0.25) is 0 Å². The third-order valence-corrected chi connectivity index (χ3v) is 5.14.